The zero-order chi connectivity index (χ0) is 9.43. The third kappa shape index (κ3) is 2.01. The van der Waals surface area contributed by atoms with Gasteiger partial charge in [-0.2, -0.15) is 0 Å². The van der Waals surface area contributed by atoms with Crippen molar-refractivity contribution in [3.05, 3.63) is 0 Å². The van der Waals surface area contributed by atoms with Gasteiger partial charge in [-0.15, -0.1) is 0 Å². The molecule has 0 aromatic rings. The molecule has 0 atom stereocenters. The molecule has 0 spiro atoms. The van der Waals surface area contributed by atoms with Crippen molar-refractivity contribution in [3.8, 4) is 0 Å². The van der Waals surface area contributed by atoms with E-state index >= 15 is 0 Å². The molecule has 0 amide bonds. The first-order chi connectivity index (χ1) is 6.89. The fourth-order valence-corrected chi connectivity index (χ4v) is 9.41. The van der Waals surface area contributed by atoms with Crippen LogP contribution in [0.5, 0.6) is 0 Å². The molecular formula is C13H24P+. The number of rotatable bonds is 3. The molecule has 3 rings (SSSR count). The van der Waals surface area contributed by atoms with Gasteiger partial charge in [0.2, 0.25) is 0 Å². The zero-order valence-electron chi connectivity index (χ0n) is 9.38. The first-order valence-electron chi connectivity index (χ1n) is 6.75. The first-order valence-corrected chi connectivity index (χ1v) is 9.16. The molecule has 3 fully saturated rings. The van der Waals surface area contributed by atoms with E-state index in [1.54, 1.807) is 69.9 Å². The summed E-state index contributed by atoms with van der Waals surface area (Å²) in [4.78, 5) is 0. The molecule has 0 radical (unpaired) electrons. The van der Waals surface area contributed by atoms with Crippen LogP contribution in [0.15, 0.2) is 0 Å². The summed E-state index contributed by atoms with van der Waals surface area (Å²) >= 11 is 0. The predicted molar refractivity (Wildman–Crippen MR) is 65.7 cm³/mol. The molecule has 0 unspecified atom stereocenters. The molecule has 1 saturated heterocycles. The largest absolute Gasteiger partial charge is 0.0700 e. The lowest BCUT2D eigenvalue weighted by atomic mass is 10.2. The summed E-state index contributed by atoms with van der Waals surface area (Å²) in [6, 6.07) is 0. The van der Waals surface area contributed by atoms with Crippen LogP contribution in [0, 0.1) is 5.92 Å². The molecular weight excluding hydrogens is 187 g/mol. The third-order valence-electron chi connectivity index (χ3n) is 4.60. The second-order valence-electron chi connectivity index (χ2n) is 5.94. The van der Waals surface area contributed by atoms with Crippen molar-refractivity contribution in [1.29, 1.82) is 0 Å². The summed E-state index contributed by atoms with van der Waals surface area (Å²) < 4.78 is 0. The molecule has 0 aromatic carbocycles. The van der Waals surface area contributed by atoms with Gasteiger partial charge in [-0.25, -0.2) is 0 Å². The Balaban J connectivity index is 1.70. The topological polar surface area (TPSA) is 0 Å². The summed E-state index contributed by atoms with van der Waals surface area (Å²) in [5, 5.41) is 0. The van der Waals surface area contributed by atoms with Crippen LogP contribution >= 0.6 is 7.26 Å². The average Bonchev–Trinajstić information content (AvgIpc) is 3.05. The SMILES string of the molecule is C1CCC[P+](CC2CC2)(C2CC2)CC1. The van der Waals surface area contributed by atoms with E-state index in [-0.39, 0.29) is 7.26 Å². The molecule has 2 aliphatic carbocycles. The smallest absolute Gasteiger partial charge is 0.0497 e. The number of hydrogen-bond acceptors (Lipinski definition) is 0. The van der Waals surface area contributed by atoms with Crippen molar-refractivity contribution in [2.45, 2.75) is 57.0 Å². The van der Waals surface area contributed by atoms with E-state index in [0.29, 0.717) is 0 Å². The normalized spacial score (nSPS) is 32.6. The Hall–Kier alpha value is 0.430. The monoisotopic (exact) mass is 211 g/mol. The van der Waals surface area contributed by atoms with E-state index in [4.69, 9.17) is 0 Å². The van der Waals surface area contributed by atoms with Crippen LogP contribution in [-0.4, -0.2) is 24.1 Å². The Morgan fingerprint density at radius 3 is 1.93 bits per heavy atom. The minimum absolute atomic E-state index is 0.388. The van der Waals surface area contributed by atoms with Crippen LogP contribution < -0.4 is 0 Å². The van der Waals surface area contributed by atoms with Crippen molar-refractivity contribution >= 4 is 7.26 Å². The molecule has 0 N–H and O–H groups in total. The minimum Gasteiger partial charge on any atom is -0.0497 e. The maximum atomic E-state index is 1.73. The molecule has 2 saturated carbocycles. The molecule has 0 bridgehead atoms. The predicted octanol–water partition coefficient (Wildman–Crippen LogP) is 4.15. The van der Waals surface area contributed by atoms with Crippen LogP contribution in [0.3, 0.4) is 0 Å². The highest BCUT2D eigenvalue weighted by molar-refractivity contribution is 7.76. The lowest BCUT2D eigenvalue weighted by molar-refractivity contribution is 0.726. The molecule has 1 heterocycles. The van der Waals surface area contributed by atoms with Crippen molar-refractivity contribution in [2.75, 3.05) is 18.5 Å². The first kappa shape index (κ1) is 9.64. The summed E-state index contributed by atoms with van der Waals surface area (Å²) in [7, 11) is -0.388. The fourth-order valence-electron chi connectivity index (χ4n) is 3.45. The molecule has 1 aliphatic heterocycles. The van der Waals surface area contributed by atoms with Gasteiger partial charge >= 0.3 is 0 Å². The molecule has 80 valence electrons. The van der Waals surface area contributed by atoms with Gasteiger partial charge in [0.25, 0.3) is 0 Å². The van der Waals surface area contributed by atoms with Crippen LogP contribution in [0.2, 0.25) is 0 Å². The highest BCUT2D eigenvalue weighted by Gasteiger charge is 2.53. The Morgan fingerprint density at radius 2 is 1.43 bits per heavy atom. The number of hydrogen-bond donors (Lipinski definition) is 0. The summed E-state index contributed by atoms with van der Waals surface area (Å²) in [5.41, 5.74) is 1.28. The van der Waals surface area contributed by atoms with Gasteiger partial charge in [0.15, 0.2) is 0 Å². The van der Waals surface area contributed by atoms with Crippen molar-refractivity contribution in [1.82, 2.24) is 0 Å². The van der Waals surface area contributed by atoms with Gasteiger partial charge in [-0.05, 0) is 57.3 Å². The maximum absolute atomic E-state index is 1.73. The quantitative estimate of drug-likeness (QED) is 0.615. The fraction of sp³-hybridized carbons (Fsp3) is 1.00. The van der Waals surface area contributed by atoms with E-state index in [1.165, 1.54) is 11.6 Å². The Kier molecular flexibility index (Phi) is 2.60. The minimum atomic E-state index is -0.388. The van der Waals surface area contributed by atoms with Crippen LogP contribution in [0.1, 0.15) is 51.4 Å². The standard InChI is InChI=1S/C13H24P/c1-2-4-10-14(9-3-1,13-7-8-13)11-12-5-6-12/h12-13H,1-11H2/q+1. The van der Waals surface area contributed by atoms with Crippen LogP contribution in [-0.2, 0) is 0 Å². The van der Waals surface area contributed by atoms with Gasteiger partial charge in [0.1, 0.15) is 0 Å². The molecule has 3 aliphatic rings. The van der Waals surface area contributed by atoms with Gasteiger partial charge in [-0.1, -0.05) is 0 Å². The second kappa shape index (κ2) is 3.78. The summed E-state index contributed by atoms with van der Waals surface area (Å²) in [6.07, 6.45) is 17.9. The average molecular weight is 211 g/mol. The molecule has 0 aromatic heterocycles. The molecule has 14 heavy (non-hydrogen) atoms. The lowest BCUT2D eigenvalue weighted by Gasteiger charge is -2.26. The Morgan fingerprint density at radius 1 is 0.786 bits per heavy atom. The van der Waals surface area contributed by atoms with Gasteiger partial charge in [-0.3, -0.25) is 0 Å². The highest BCUT2D eigenvalue weighted by Crippen LogP contribution is 2.74. The maximum Gasteiger partial charge on any atom is 0.0700 e. The van der Waals surface area contributed by atoms with Gasteiger partial charge in [0, 0.05) is 7.26 Å². The molecule has 1 heteroatoms. The van der Waals surface area contributed by atoms with E-state index in [1.807, 2.05) is 0 Å². The van der Waals surface area contributed by atoms with E-state index in [9.17, 15) is 0 Å². The highest BCUT2D eigenvalue weighted by atomic mass is 31.2. The van der Waals surface area contributed by atoms with Crippen LogP contribution in [0.25, 0.3) is 0 Å². The Bertz CT molecular complexity index is 195. The molecule has 0 nitrogen and oxygen atoms in total. The van der Waals surface area contributed by atoms with Crippen LogP contribution in [0.4, 0.5) is 0 Å². The van der Waals surface area contributed by atoms with E-state index in [0.717, 1.165) is 0 Å². The summed E-state index contributed by atoms with van der Waals surface area (Å²) in [6.45, 7) is 0. The third-order valence-corrected chi connectivity index (χ3v) is 10.3. The second-order valence-corrected chi connectivity index (χ2v) is 10.4. The summed E-state index contributed by atoms with van der Waals surface area (Å²) in [5.74, 6) is 1.21. The van der Waals surface area contributed by atoms with Gasteiger partial charge < -0.3 is 0 Å². The van der Waals surface area contributed by atoms with E-state index in [2.05, 4.69) is 0 Å². The Labute approximate surface area is 89.2 Å². The van der Waals surface area contributed by atoms with Crippen molar-refractivity contribution in [3.63, 3.8) is 0 Å². The van der Waals surface area contributed by atoms with Gasteiger partial charge in [0.05, 0.1) is 24.1 Å². The lowest BCUT2D eigenvalue weighted by Crippen LogP contribution is -2.12. The van der Waals surface area contributed by atoms with Crippen molar-refractivity contribution < 1.29 is 0 Å². The van der Waals surface area contributed by atoms with E-state index < -0.39 is 0 Å². The van der Waals surface area contributed by atoms with Crippen molar-refractivity contribution in [2.24, 2.45) is 5.92 Å². The zero-order valence-corrected chi connectivity index (χ0v) is 10.3.